The monoisotopic (exact) mass is 398 g/mol. The molecule has 26 heavy (non-hydrogen) atoms. The van der Waals surface area contributed by atoms with Gasteiger partial charge in [0, 0.05) is 44.7 Å². The number of piperazine rings is 1. The number of benzene rings is 1. The van der Waals surface area contributed by atoms with Gasteiger partial charge >= 0.3 is 0 Å². The zero-order valence-corrected chi connectivity index (χ0v) is 16.3. The number of carbonyl (C=O) groups is 1. The maximum absolute atomic E-state index is 11.9. The number of halogens is 1. The molecule has 0 atom stereocenters. The van der Waals surface area contributed by atoms with E-state index in [9.17, 15) is 14.9 Å². The molecule has 1 aliphatic heterocycles. The zero-order chi connectivity index (χ0) is 19.1. The Labute approximate surface area is 163 Å². The molecule has 0 aliphatic carbocycles. The first-order valence-electron chi connectivity index (χ1n) is 8.70. The Morgan fingerprint density at radius 2 is 2.00 bits per heavy atom. The van der Waals surface area contributed by atoms with Gasteiger partial charge in [0.1, 0.15) is 0 Å². The third-order valence-electron chi connectivity index (χ3n) is 4.30. The van der Waals surface area contributed by atoms with Crippen molar-refractivity contribution in [2.75, 3.05) is 31.1 Å². The van der Waals surface area contributed by atoms with Crippen LogP contribution in [-0.2, 0) is 4.79 Å². The maximum atomic E-state index is 11.9. The topological polar surface area (TPSA) is 78.7 Å². The predicted molar refractivity (Wildman–Crippen MR) is 107 cm³/mol. The summed E-state index contributed by atoms with van der Waals surface area (Å²) < 4.78 is 0. The predicted octanol–water partition coefficient (Wildman–Crippen LogP) is 3.35. The van der Waals surface area contributed by atoms with Gasteiger partial charge in [-0.3, -0.25) is 14.9 Å². The number of non-ortho nitro benzene ring substituents is 1. The number of thiocarbonyl (C=S) groups is 1. The van der Waals surface area contributed by atoms with E-state index in [2.05, 4.69) is 17.1 Å². The van der Waals surface area contributed by atoms with Crippen molar-refractivity contribution in [1.82, 2.24) is 10.2 Å². The molecule has 0 bridgehead atoms. The van der Waals surface area contributed by atoms with Gasteiger partial charge in [-0.1, -0.05) is 31.4 Å². The largest absolute Gasteiger partial charge is 0.367 e. The minimum absolute atomic E-state index is 0.0238. The Balaban J connectivity index is 1.86. The molecule has 0 saturated carbocycles. The molecular weight excluding hydrogens is 376 g/mol. The minimum atomic E-state index is -0.463. The van der Waals surface area contributed by atoms with Crippen LogP contribution in [0.2, 0.25) is 5.02 Å². The highest BCUT2D eigenvalue weighted by Crippen LogP contribution is 2.30. The number of rotatable bonds is 6. The molecule has 1 N–H and O–H groups in total. The zero-order valence-electron chi connectivity index (χ0n) is 14.7. The number of unbranched alkanes of at least 4 members (excludes halogenated alkanes) is 2. The van der Waals surface area contributed by atoms with Crippen LogP contribution in [-0.4, -0.2) is 47.0 Å². The fourth-order valence-electron chi connectivity index (χ4n) is 2.81. The molecule has 0 spiro atoms. The van der Waals surface area contributed by atoms with E-state index in [4.69, 9.17) is 23.8 Å². The van der Waals surface area contributed by atoms with Crippen LogP contribution in [0.15, 0.2) is 18.2 Å². The van der Waals surface area contributed by atoms with Crippen LogP contribution in [0.4, 0.5) is 11.4 Å². The molecule has 0 unspecified atom stereocenters. The number of nitro groups is 1. The number of nitro benzene ring substituents is 1. The van der Waals surface area contributed by atoms with Crippen molar-refractivity contribution in [3.8, 4) is 0 Å². The first-order chi connectivity index (χ1) is 12.4. The van der Waals surface area contributed by atoms with E-state index in [1.165, 1.54) is 12.1 Å². The summed E-state index contributed by atoms with van der Waals surface area (Å²) in [5, 5.41) is 14.4. The Morgan fingerprint density at radius 3 is 2.58 bits per heavy atom. The molecule has 1 fully saturated rings. The van der Waals surface area contributed by atoms with E-state index in [1.54, 1.807) is 6.07 Å². The average Bonchev–Trinajstić information content (AvgIpc) is 2.62. The minimum Gasteiger partial charge on any atom is -0.367 e. The van der Waals surface area contributed by atoms with Gasteiger partial charge in [-0.05, 0) is 24.7 Å². The van der Waals surface area contributed by atoms with Crippen LogP contribution in [0.25, 0.3) is 0 Å². The van der Waals surface area contributed by atoms with Crippen molar-refractivity contribution < 1.29 is 9.72 Å². The van der Waals surface area contributed by atoms with E-state index >= 15 is 0 Å². The van der Waals surface area contributed by atoms with Gasteiger partial charge in [-0.15, -0.1) is 0 Å². The molecule has 142 valence electrons. The lowest BCUT2D eigenvalue weighted by Gasteiger charge is -2.37. The number of anilines is 1. The molecule has 1 aromatic carbocycles. The van der Waals surface area contributed by atoms with Gasteiger partial charge < -0.3 is 15.1 Å². The molecule has 1 heterocycles. The number of amides is 1. The Bertz CT molecular complexity index is 678. The molecule has 7 nitrogen and oxygen atoms in total. The van der Waals surface area contributed by atoms with Gasteiger partial charge in [0.05, 0.1) is 15.6 Å². The summed E-state index contributed by atoms with van der Waals surface area (Å²) in [5.41, 5.74) is 0.746. The molecule has 9 heteroatoms. The highest BCUT2D eigenvalue weighted by atomic mass is 35.5. The number of hydrogen-bond acceptors (Lipinski definition) is 5. The van der Waals surface area contributed by atoms with Crippen LogP contribution in [0.3, 0.4) is 0 Å². The molecule has 1 amide bonds. The first kappa shape index (κ1) is 20.4. The van der Waals surface area contributed by atoms with Gasteiger partial charge in [0.25, 0.3) is 5.69 Å². The van der Waals surface area contributed by atoms with Crippen molar-refractivity contribution in [2.24, 2.45) is 0 Å². The van der Waals surface area contributed by atoms with Crippen LogP contribution >= 0.6 is 23.8 Å². The Morgan fingerprint density at radius 1 is 1.31 bits per heavy atom. The SMILES string of the molecule is CCCCCC(=O)NC(=S)N1CCN(c2ccc([N+](=O)[O-])cc2Cl)CC1. The third kappa shape index (κ3) is 5.54. The summed E-state index contributed by atoms with van der Waals surface area (Å²) >= 11 is 11.5. The van der Waals surface area contributed by atoms with E-state index in [0.717, 1.165) is 24.9 Å². The van der Waals surface area contributed by atoms with E-state index < -0.39 is 4.92 Å². The van der Waals surface area contributed by atoms with Crippen LogP contribution in [0.1, 0.15) is 32.6 Å². The molecular formula is C17H23ClN4O3S. The molecule has 1 aliphatic rings. The second-order valence-corrected chi connectivity index (χ2v) is 6.97. The first-order valence-corrected chi connectivity index (χ1v) is 9.48. The second kappa shape index (κ2) is 9.68. The van der Waals surface area contributed by atoms with Gasteiger partial charge in [0.15, 0.2) is 5.11 Å². The Kier molecular flexibility index (Phi) is 7.59. The highest BCUT2D eigenvalue weighted by Gasteiger charge is 2.22. The highest BCUT2D eigenvalue weighted by molar-refractivity contribution is 7.80. The summed E-state index contributed by atoms with van der Waals surface area (Å²) in [6.07, 6.45) is 3.48. The fourth-order valence-corrected chi connectivity index (χ4v) is 3.40. The van der Waals surface area contributed by atoms with Crippen LogP contribution in [0, 0.1) is 10.1 Å². The summed E-state index contributed by atoms with van der Waals surface area (Å²) in [7, 11) is 0. The number of nitrogens with zero attached hydrogens (tertiary/aromatic N) is 3. The van der Waals surface area contributed by atoms with Crippen LogP contribution < -0.4 is 10.2 Å². The van der Waals surface area contributed by atoms with Gasteiger partial charge in [-0.2, -0.15) is 0 Å². The van der Waals surface area contributed by atoms with E-state index in [0.29, 0.717) is 42.7 Å². The summed E-state index contributed by atoms with van der Waals surface area (Å²) in [5.74, 6) is -0.0377. The van der Waals surface area contributed by atoms with Crippen molar-refractivity contribution in [3.63, 3.8) is 0 Å². The van der Waals surface area contributed by atoms with E-state index in [-0.39, 0.29) is 11.6 Å². The van der Waals surface area contributed by atoms with E-state index in [1.807, 2.05) is 4.90 Å². The fraction of sp³-hybridized carbons (Fsp3) is 0.529. The lowest BCUT2D eigenvalue weighted by molar-refractivity contribution is -0.384. The summed E-state index contributed by atoms with van der Waals surface area (Å²) in [4.78, 5) is 26.2. The lowest BCUT2D eigenvalue weighted by Crippen LogP contribution is -2.52. The number of nitrogens with one attached hydrogen (secondary N) is 1. The third-order valence-corrected chi connectivity index (χ3v) is 4.97. The lowest BCUT2D eigenvalue weighted by atomic mass is 10.2. The second-order valence-electron chi connectivity index (χ2n) is 6.18. The number of hydrogen-bond donors (Lipinski definition) is 1. The standard InChI is InChI=1S/C17H23ClN4O3S/c1-2-3-4-5-16(23)19-17(26)21-10-8-20(9-11-21)15-7-6-13(22(24)25)12-14(15)18/h6-7,12H,2-5,8-11H2,1H3,(H,19,23,26). The Hall–Kier alpha value is -1.93. The molecule has 1 aromatic rings. The molecule has 0 radical (unpaired) electrons. The van der Waals surface area contributed by atoms with Gasteiger partial charge in [-0.25, -0.2) is 0 Å². The molecule has 0 aromatic heterocycles. The normalized spacial score (nSPS) is 14.2. The smallest absolute Gasteiger partial charge is 0.271 e. The molecule has 2 rings (SSSR count). The van der Waals surface area contributed by atoms with Gasteiger partial charge in [0.2, 0.25) is 5.91 Å². The number of carbonyl (C=O) groups excluding carboxylic acids is 1. The summed E-state index contributed by atoms with van der Waals surface area (Å²) in [6.45, 7) is 4.74. The maximum Gasteiger partial charge on any atom is 0.271 e. The summed E-state index contributed by atoms with van der Waals surface area (Å²) in [6, 6.07) is 4.49. The van der Waals surface area contributed by atoms with Crippen LogP contribution in [0.5, 0.6) is 0 Å². The average molecular weight is 399 g/mol. The van der Waals surface area contributed by atoms with Crippen molar-refractivity contribution in [2.45, 2.75) is 32.6 Å². The van der Waals surface area contributed by atoms with Crippen molar-refractivity contribution in [1.29, 1.82) is 0 Å². The quantitative estimate of drug-likeness (QED) is 0.342. The van der Waals surface area contributed by atoms with Crippen molar-refractivity contribution in [3.05, 3.63) is 33.3 Å². The molecule has 1 saturated heterocycles. The van der Waals surface area contributed by atoms with Crippen molar-refractivity contribution >= 4 is 46.2 Å².